The van der Waals surface area contributed by atoms with Gasteiger partial charge in [0, 0.05) is 21.8 Å². The predicted octanol–water partition coefficient (Wildman–Crippen LogP) is 4.03. The zero-order chi connectivity index (χ0) is 15.0. The quantitative estimate of drug-likeness (QED) is 0.708. The average molecular weight is 352 g/mol. The van der Waals surface area contributed by atoms with Crippen LogP contribution in [-0.4, -0.2) is 10.1 Å². The lowest BCUT2D eigenvalue weighted by molar-refractivity contribution is 0.431. The number of halogens is 3. The summed E-state index contributed by atoms with van der Waals surface area (Å²) in [7, 11) is 0. The van der Waals surface area contributed by atoms with Gasteiger partial charge in [0.1, 0.15) is 0 Å². The van der Waals surface area contributed by atoms with Gasteiger partial charge in [0.2, 0.25) is 5.82 Å². The van der Waals surface area contributed by atoms with E-state index in [1.807, 2.05) is 18.2 Å². The molecule has 0 saturated carbocycles. The van der Waals surface area contributed by atoms with Gasteiger partial charge in [-0.25, -0.2) is 8.78 Å². The molecule has 2 aromatic carbocycles. The Morgan fingerprint density at radius 2 is 1.76 bits per heavy atom. The highest BCUT2D eigenvalue weighted by atomic mass is 79.9. The lowest BCUT2D eigenvalue weighted by Gasteiger charge is -2.01. The maximum atomic E-state index is 13.3. The van der Waals surface area contributed by atoms with Gasteiger partial charge in [0.25, 0.3) is 5.89 Å². The Hall–Kier alpha value is -2.28. The fourth-order valence-corrected chi connectivity index (χ4v) is 2.29. The van der Waals surface area contributed by atoms with Crippen molar-refractivity contribution in [1.29, 1.82) is 0 Å². The minimum Gasteiger partial charge on any atom is -0.398 e. The van der Waals surface area contributed by atoms with Crippen molar-refractivity contribution in [2.45, 2.75) is 0 Å². The van der Waals surface area contributed by atoms with Gasteiger partial charge in [-0.15, -0.1) is 0 Å². The van der Waals surface area contributed by atoms with Crippen molar-refractivity contribution < 1.29 is 13.3 Å². The van der Waals surface area contributed by atoms with E-state index in [1.54, 1.807) is 6.07 Å². The molecule has 0 amide bonds. The summed E-state index contributed by atoms with van der Waals surface area (Å²) in [5.41, 5.74) is 6.55. The number of nitrogens with zero attached hydrogens (tertiary/aromatic N) is 2. The molecule has 0 bridgehead atoms. The van der Waals surface area contributed by atoms with Crippen LogP contribution in [0.1, 0.15) is 0 Å². The highest BCUT2D eigenvalue weighted by Crippen LogP contribution is 2.30. The van der Waals surface area contributed by atoms with Gasteiger partial charge in [0.05, 0.1) is 5.56 Å². The van der Waals surface area contributed by atoms with Gasteiger partial charge in [0.15, 0.2) is 11.6 Å². The van der Waals surface area contributed by atoms with Crippen molar-refractivity contribution in [1.82, 2.24) is 10.1 Å². The van der Waals surface area contributed by atoms with Crippen LogP contribution in [0.25, 0.3) is 22.8 Å². The van der Waals surface area contributed by atoms with E-state index in [1.165, 1.54) is 0 Å². The molecule has 0 radical (unpaired) electrons. The molecule has 106 valence electrons. The van der Waals surface area contributed by atoms with Crippen molar-refractivity contribution in [2.24, 2.45) is 0 Å². The molecular weight excluding hydrogens is 344 g/mol. The Morgan fingerprint density at radius 1 is 1.05 bits per heavy atom. The van der Waals surface area contributed by atoms with Crippen molar-refractivity contribution in [3.8, 4) is 22.8 Å². The second-order valence-corrected chi connectivity index (χ2v) is 5.11. The summed E-state index contributed by atoms with van der Waals surface area (Å²) in [4.78, 5) is 4.17. The second kappa shape index (κ2) is 5.25. The molecule has 0 aliphatic carbocycles. The van der Waals surface area contributed by atoms with E-state index in [0.29, 0.717) is 11.4 Å². The van der Waals surface area contributed by atoms with Crippen molar-refractivity contribution in [3.63, 3.8) is 0 Å². The first-order valence-corrected chi connectivity index (χ1v) is 6.69. The number of anilines is 1. The Labute approximate surface area is 126 Å². The lowest BCUT2D eigenvalue weighted by Crippen LogP contribution is -1.95. The maximum Gasteiger partial charge on any atom is 0.260 e. The van der Waals surface area contributed by atoms with E-state index >= 15 is 0 Å². The van der Waals surface area contributed by atoms with Crippen LogP contribution in [0.5, 0.6) is 0 Å². The fourth-order valence-electron chi connectivity index (χ4n) is 1.83. The van der Waals surface area contributed by atoms with Gasteiger partial charge in [-0.1, -0.05) is 33.2 Å². The summed E-state index contributed by atoms with van der Waals surface area (Å²) in [5, 5.41) is 3.83. The molecule has 0 atom stereocenters. The highest BCUT2D eigenvalue weighted by Gasteiger charge is 2.17. The van der Waals surface area contributed by atoms with Gasteiger partial charge in [-0.2, -0.15) is 4.98 Å². The first-order chi connectivity index (χ1) is 10.1. The molecule has 1 aromatic heterocycles. The smallest absolute Gasteiger partial charge is 0.260 e. The fraction of sp³-hybridized carbons (Fsp3) is 0. The topological polar surface area (TPSA) is 64.9 Å². The third kappa shape index (κ3) is 2.52. The van der Waals surface area contributed by atoms with E-state index in [4.69, 9.17) is 10.3 Å². The molecule has 0 saturated heterocycles. The van der Waals surface area contributed by atoms with E-state index in [2.05, 4.69) is 26.1 Å². The molecule has 3 aromatic rings. The van der Waals surface area contributed by atoms with Crippen LogP contribution < -0.4 is 5.73 Å². The molecule has 7 heteroatoms. The standard InChI is InChI=1S/C14H8BrF2N3O/c15-9-4-2-1-3-7(9)13-19-14(21-20-13)8-5-10(16)11(17)6-12(8)18/h1-6H,18H2. The third-order valence-corrected chi connectivity index (χ3v) is 3.56. The van der Waals surface area contributed by atoms with Crippen LogP contribution in [-0.2, 0) is 0 Å². The summed E-state index contributed by atoms with van der Waals surface area (Å²) >= 11 is 3.38. The van der Waals surface area contributed by atoms with Crippen molar-refractivity contribution >= 4 is 21.6 Å². The minimum absolute atomic E-state index is 0.0243. The molecule has 0 fully saturated rings. The van der Waals surface area contributed by atoms with E-state index in [9.17, 15) is 8.78 Å². The SMILES string of the molecule is Nc1cc(F)c(F)cc1-c1nc(-c2ccccc2Br)no1. The summed E-state index contributed by atoms with van der Waals surface area (Å²) in [6.45, 7) is 0. The lowest BCUT2D eigenvalue weighted by atomic mass is 10.1. The molecule has 3 rings (SSSR count). The van der Waals surface area contributed by atoms with Gasteiger partial charge in [-0.3, -0.25) is 0 Å². The van der Waals surface area contributed by atoms with E-state index < -0.39 is 11.6 Å². The molecule has 4 nitrogen and oxygen atoms in total. The molecule has 2 N–H and O–H groups in total. The number of nitrogen functional groups attached to an aromatic ring is 1. The zero-order valence-corrected chi connectivity index (χ0v) is 12.1. The molecule has 21 heavy (non-hydrogen) atoms. The van der Waals surface area contributed by atoms with Crippen LogP contribution in [0.15, 0.2) is 45.4 Å². The van der Waals surface area contributed by atoms with Crippen LogP contribution in [0.2, 0.25) is 0 Å². The predicted molar refractivity (Wildman–Crippen MR) is 77.2 cm³/mol. The van der Waals surface area contributed by atoms with Crippen molar-refractivity contribution in [3.05, 3.63) is 52.5 Å². The number of benzene rings is 2. The normalized spacial score (nSPS) is 10.8. The summed E-state index contributed by atoms with van der Waals surface area (Å²) in [6.07, 6.45) is 0. The Bertz CT molecular complexity index is 820. The summed E-state index contributed by atoms with van der Waals surface area (Å²) in [6, 6.07) is 9.11. The Balaban J connectivity index is 2.07. The summed E-state index contributed by atoms with van der Waals surface area (Å²) in [5.74, 6) is -1.71. The summed E-state index contributed by atoms with van der Waals surface area (Å²) < 4.78 is 32.3. The number of hydrogen-bond donors (Lipinski definition) is 1. The van der Waals surface area contributed by atoms with Crippen LogP contribution in [0, 0.1) is 11.6 Å². The number of nitrogens with two attached hydrogens (primary N) is 1. The van der Waals surface area contributed by atoms with Gasteiger partial charge in [-0.05, 0) is 18.2 Å². The average Bonchev–Trinajstić information content (AvgIpc) is 2.92. The van der Waals surface area contributed by atoms with Crippen molar-refractivity contribution in [2.75, 3.05) is 5.73 Å². The Morgan fingerprint density at radius 3 is 2.52 bits per heavy atom. The van der Waals surface area contributed by atoms with Gasteiger partial charge < -0.3 is 10.3 Å². The highest BCUT2D eigenvalue weighted by molar-refractivity contribution is 9.10. The number of rotatable bonds is 2. The molecular formula is C14H8BrF2N3O. The molecule has 1 heterocycles. The van der Waals surface area contributed by atoms with Crippen LogP contribution >= 0.6 is 15.9 Å². The first kappa shape index (κ1) is 13.7. The van der Waals surface area contributed by atoms with Crippen LogP contribution in [0.4, 0.5) is 14.5 Å². The monoisotopic (exact) mass is 351 g/mol. The molecule has 0 spiro atoms. The minimum atomic E-state index is -1.03. The van der Waals surface area contributed by atoms with Gasteiger partial charge >= 0.3 is 0 Å². The largest absolute Gasteiger partial charge is 0.398 e. The molecule has 0 aliphatic heterocycles. The third-order valence-electron chi connectivity index (χ3n) is 2.86. The van der Waals surface area contributed by atoms with Crippen LogP contribution in [0.3, 0.4) is 0 Å². The Kier molecular flexibility index (Phi) is 3.42. The van der Waals surface area contributed by atoms with E-state index in [-0.39, 0.29) is 17.1 Å². The second-order valence-electron chi connectivity index (χ2n) is 4.26. The molecule has 0 aliphatic rings. The zero-order valence-electron chi connectivity index (χ0n) is 10.5. The maximum absolute atomic E-state index is 13.3. The van der Waals surface area contributed by atoms with E-state index in [0.717, 1.165) is 16.6 Å². The first-order valence-electron chi connectivity index (χ1n) is 5.90. The number of hydrogen-bond acceptors (Lipinski definition) is 4. The molecule has 0 unspecified atom stereocenters. The number of aromatic nitrogens is 2.